The van der Waals surface area contributed by atoms with E-state index in [0.29, 0.717) is 15.4 Å². The SMILES string of the molecule is CCCCc1ccc(-c2cccc([Si]C3=C(C)C(C)=CC3C)c2-c2ccc(CCCC)cc2)cc1. The van der Waals surface area contributed by atoms with Gasteiger partial charge in [-0.05, 0) is 78.8 Å². The van der Waals surface area contributed by atoms with Crippen LogP contribution in [0.5, 0.6) is 0 Å². The number of hydrogen-bond acceptors (Lipinski definition) is 0. The summed E-state index contributed by atoms with van der Waals surface area (Å²) in [5.41, 5.74) is 11.2. The lowest BCUT2D eigenvalue weighted by atomic mass is 9.92. The van der Waals surface area contributed by atoms with Crippen LogP contribution in [0.1, 0.15) is 71.4 Å². The quantitative estimate of drug-likeness (QED) is 0.256. The second kappa shape index (κ2) is 11.9. The fourth-order valence-corrected chi connectivity index (χ4v) is 6.72. The van der Waals surface area contributed by atoms with Gasteiger partial charge < -0.3 is 0 Å². The Morgan fingerprint density at radius 2 is 1.29 bits per heavy atom. The lowest BCUT2D eigenvalue weighted by molar-refractivity contribution is 0.795. The highest BCUT2D eigenvalue weighted by Gasteiger charge is 2.22. The van der Waals surface area contributed by atoms with Crippen LogP contribution in [-0.4, -0.2) is 9.52 Å². The van der Waals surface area contributed by atoms with Gasteiger partial charge in [0.25, 0.3) is 0 Å². The molecule has 0 amide bonds. The molecule has 2 radical (unpaired) electrons. The Kier molecular flexibility index (Phi) is 8.63. The van der Waals surface area contributed by atoms with E-state index in [0.717, 1.165) is 0 Å². The largest absolute Gasteiger partial charge is 0.117 e. The van der Waals surface area contributed by atoms with Crippen LogP contribution < -0.4 is 5.19 Å². The Bertz CT molecular complexity index is 1190. The van der Waals surface area contributed by atoms with Gasteiger partial charge in [0.1, 0.15) is 9.52 Å². The third kappa shape index (κ3) is 5.96. The zero-order valence-corrected chi connectivity index (χ0v) is 23.2. The van der Waals surface area contributed by atoms with Gasteiger partial charge in [0.15, 0.2) is 0 Å². The average molecular weight is 477 g/mol. The summed E-state index contributed by atoms with van der Waals surface area (Å²) in [6, 6.07) is 25.7. The standard InChI is InChI=1S/C34H40Si/c1-6-8-11-27-15-19-29(20-16-27)31-13-10-14-32(35-34-25(4)23-24(3)26(34)5)33(31)30-21-17-28(18-22-30)12-9-7-2/h10,13-23,25H,6-9,11-12H2,1-5H3. The lowest BCUT2D eigenvalue weighted by Crippen LogP contribution is -2.22. The normalized spacial score (nSPS) is 15.6. The number of aryl methyl sites for hydroxylation is 2. The Labute approximate surface area is 216 Å². The van der Waals surface area contributed by atoms with Crippen molar-refractivity contribution in [1.82, 2.24) is 0 Å². The van der Waals surface area contributed by atoms with E-state index in [4.69, 9.17) is 0 Å². The topological polar surface area (TPSA) is 0 Å². The minimum Gasteiger partial charge on any atom is -0.0748 e. The van der Waals surface area contributed by atoms with Crippen LogP contribution in [0.2, 0.25) is 0 Å². The number of rotatable bonds is 10. The summed E-state index contributed by atoms with van der Waals surface area (Å²) in [5.74, 6) is 0.527. The molecule has 0 saturated carbocycles. The van der Waals surface area contributed by atoms with Gasteiger partial charge >= 0.3 is 0 Å². The van der Waals surface area contributed by atoms with Crippen molar-refractivity contribution in [3.05, 3.63) is 100 Å². The molecule has 0 bridgehead atoms. The molecule has 3 aromatic rings. The van der Waals surface area contributed by atoms with Crippen molar-refractivity contribution >= 4 is 14.7 Å². The summed E-state index contributed by atoms with van der Waals surface area (Å²) in [5, 5.41) is 3.05. The van der Waals surface area contributed by atoms with Crippen LogP contribution in [0.3, 0.4) is 0 Å². The zero-order valence-electron chi connectivity index (χ0n) is 22.2. The number of allylic oxidation sites excluding steroid dienone is 4. The van der Waals surface area contributed by atoms with Gasteiger partial charge in [-0.25, -0.2) is 0 Å². The number of hydrogen-bond donors (Lipinski definition) is 0. The Hall–Kier alpha value is -2.64. The first-order chi connectivity index (χ1) is 17.0. The monoisotopic (exact) mass is 476 g/mol. The van der Waals surface area contributed by atoms with E-state index in [9.17, 15) is 0 Å². The van der Waals surface area contributed by atoms with Crippen LogP contribution in [0, 0.1) is 5.92 Å². The van der Waals surface area contributed by atoms with E-state index in [-0.39, 0.29) is 0 Å². The lowest BCUT2D eigenvalue weighted by Gasteiger charge is -2.18. The predicted octanol–water partition coefficient (Wildman–Crippen LogP) is 8.91. The van der Waals surface area contributed by atoms with Gasteiger partial charge in [-0.1, -0.05) is 128 Å². The van der Waals surface area contributed by atoms with Crippen molar-refractivity contribution in [2.24, 2.45) is 5.92 Å². The molecule has 4 rings (SSSR count). The fourth-order valence-electron chi connectivity index (χ4n) is 5.15. The number of benzene rings is 3. The van der Waals surface area contributed by atoms with Gasteiger partial charge in [-0.15, -0.1) is 0 Å². The van der Waals surface area contributed by atoms with Crippen LogP contribution in [-0.2, 0) is 12.8 Å². The molecular weight excluding hydrogens is 436 g/mol. The van der Waals surface area contributed by atoms with Crippen molar-refractivity contribution < 1.29 is 0 Å². The van der Waals surface area contributed by atoms with Crippen LogP contribution in [0.25, 0.3) is 22.3 Å². The summed E-state index contributed by atoms with van der Waals surface area (Å²) in [7, 11) is 0.693. The summed E-state index contributed by atoms with van der Waals surface area (Å²) in [6.07, 6.45) is 9.76. The molecule has 0 aromatic heterocycles. The molecule has 1 aliphatic carbocycles. The average Bonchev–Trinajstić information content (AvgIpc) is 3.12. The summed E-state index contributed by atoms with van der Waals surface area (Å²) in [4.78, 5) is 0. The molecule has 0 fully saturated rings. The Morgan fingerprint density at radius 1 is 0.714 bits per heavy atom. The molecule has 0 saturated heterocycles. The smallest absolute Gasteiger partial charge is 0.0748 e. The van der Waals surface area contributed by atoms with Gasteiger partial charge in [-0.3, -0.25) is 0 Å². The van der Waals surface area contributed by atoms with Crippen molar-refractivity contribution in [3.8, 4) is 22.3 Å². The molecule has 35 heavy (non-hydrogen) atoms. The zero-order chi connectivity index (χ0) is 24.8. The fraction of sp³-hybridized carbons (Fsp3) is 0.353. The van der Waals surface area contributed by atoms with E-state index in [1.807, 2.05) is 0 Å². The maximum atomic E-state index is 2.43. The van der Waals surface area contributed by atoms with E-state index in [1.54, 1.807) is 5.20 Å². The van der Waals surface area contributed by atoms with Crippen LogP contribution >= 0.6 is 0 Å². The molecule has 1 atom stereocenters. The van der Waals surface area contributed by atoms with Crippen molar-refractivity contribution in [1.29, 1.82) is 0 Å². The van der Waals surface area contributed by atoms with E-state index in [2.05, 4.69) is 107 Å². The molecule has 0 aliphatic heterocycles. The first kappa shape index (κ1) is 25.4. The van der Waals surface area contributed by atoms with Crippen molar-refractivity contribution in [2.45, 2.75) is 73.1 Å². The van der Waals surface area contributed by atoms with Crippen molar-refractivity contribution in [2.75, 3.05) is 0 Å². The molecule has 0 heterocycles. The first-order valence-electron chi connectivity index (χ1n) is 13.5. The number of unbranched alkanes of at least 4 members (excludes halogenated alkanes) is 2. The Morgan fingerprint density at radius 3 is 1.80 bits per heavy atom. The second-order valence-electron chi connectivity index (χ2n) is 10.1. The summed E-state index contributed by atoms with van der Waals surface area (Å²) < 4.78 is 0. The molecule has 0 spiro atoms. The van der Waals surface area contributed by atoms with Gasteiger partial charge in [0, 0.05) is 0 Å². The molecular formula is C34H40Si. The summed E-state index contributed by atoms with van der Waals surface area (Å²) >= 11 is 0. The minimum atomic E-state index is 0.527. The molecule has 0 nitrogen and oxygen atoms in total. The molecule has 0 N–H and O–H groups in total. The van der Waals surface area contributed by atoms with Gasteiger partial charge in [0.05, 0.1) is 0 Å². The van der Waals surface area contributed by atoms with Crippen LogP contribution in [0.15, 0.2) is 89.1 Å². The molecule has 180 valence electrons. The predicted molar refractivity (Wildman–Crippen MR) is 156 cm³/mol. The Balaban J connectivity index is 1.77. The van der Waals surface area contributed by atoms with Crippen LogP contribution in [0.4, 0.5) is 0 Å². The molecule has 1 heteroatoms. The van der Waals surface area contributed by atoms with Crippen molar-refractivity contribution in [3.63, 3.8) is 0 Å². The molecule has 3 aromatic carbocycles. The second-order valence-corrected chi connectivity index (χ2v) is 11.5. The first-order valence-corrected chi connectivity index (χ1v) is 14.5. The van der Waals surface area contributed by atoms with Gasteiger partial charge in [0.2, 0.25) is 0 Å². The maximum Gasteiger partial charge on any atom is 0.117 e. The maximum absolute atomic E-state index is 2.43. The van der Waals surface area contributed by atoms with E-state index in [1.165, 1.54) is 88.2 Å². The third-order valence-electron chi connectivity index (χ3n) is 7.43. The third-order valence-corrected chi connectivity index (χ3v) is 9.22. The highest BCUT2D eigenvalue weighted by Crippen LogP contribution is 2.34. The summed E-state index contributed by atoms with van der Waals surface area (Å²) in [6.45, 7) is 11.4. The minimum absolute atomic E-state index is 0.527. The highest BCUT2D eigenvalue weighted by molar-refractivity contribution is 6.63. The van der Waals surface area contributed by atoms with E-state index < -0.39 is 0 Å². The molecule has 1 aliphatic rings. The molecule has 1 unspecified atom stereocenters. The van der Waals surface area contributed by atoms with Gasteiger partial charge in [-0.2, -0.15) is 0 Å². The van der Waals surface area contributed by atoms with E-state index >= 15 is 0 Å². The highest BCUT2D eigenvalue weighted by atomic mass is 28.2.